The van der Waals surface area contributed by atoms with Crippen molar-refractivity contribution in [3.8, 4) is 0 Å². The third-order valence-electron chi connectivity index (χ3n) is 1.44. The first-order valence-corrected chi connectivity index (χ1v) is 4.46. The van der Waals surface area contributed by atoms with Crippen LogP contribution in [-0.2, 0) is 9.47 Å². The Bertz CT molecular complexity index is 103. The minimum Gasteiger partial charge on any atom is -0.389 e. The van der Waals surface area contributed by atoms with Crippen LogP contribution in [0, 0.1) is 0 Å². The highest BCUT2D eigenvalue weighted by Crippen LogP contribution is 1.83. The van der Waals surface area contributed by atoms with Gasteiger partial charge in [-0.2, -0.15) is 0 Å². The molecule has 0 fully saturated rings. The van der Waals surface area contributed by atoms with Gasteiger partial charge in [0, 0.05) is 26.7 Å². The van der Waals surface area contributed by atoms with Gasteiger partial charge in [0.1, 0.15) is 0 Å². The second-order valence-corrected chi connectivity index (χ2v) is 2.71. The average molecular weight is 192 g/mol. The number of rotatable bonds is 9. The molecular weight excluding hydrogens is 172 g/mol. The van der Waals surface area contributed by atoms with Crippen molar-refractivity contribution in [2.75, 3.05) is 46.6 Å². The van der Waals surface area contributed by atoms with Crippen molar-refractivity contribution in [1.29, 1.82) is 0 Å². The summed E-state index contributed by atoms with van der Waals surface area (Å²) in [6.45, 7) is 3.23. The number of hydrogen-bond acceptors (Lipinski definition) is 5. The van der Waals surface area contributed by atoms with Crippen LogP contribution in [0.15, 0.2) is 0 Å². The van der Waals surface area contributed by atoms with Crippen molar-refractivity contribution >= 4 is 0 Å². The van der Waals surface area contributed by atoms with Crippen LogP contribution in [0.25, 0.3) is 0 Å². The smallest absolute Gasteiger partial charge is 0.0897 e. The minimum absolute atomic E-state index is 0.334. The second-order valence-electron chi connectivity index (χ2n) is 2.71. The highest BCUT2D eigenvalue weighted by molar-refractivity contribution is 4.58. The number of methoxy groups -OCH3 is 1. The molecule has 0 heterocycles. The fourth-order valence-corrected chi connectivity index (χ4v) is 0.791. The summed E-state index contributed by atoms with van der Waals surface area (Å²) in [6.07, 6.45) is -0.469. The van der Waals surface area contributed by atoms with E-state index in [-0.39, 0.29) is 0 Å². The number of aliphatic hydroxyl groups is 1. The first-order valence-electron chi connectivity index (χ1n) is 4.46. The third kappa shape index (κ3) is 9.72. The van der Waals surface area contributed by atoms with Gasteiger partial charge in [0.05, 0.1) is 25.9 Å². The number of aliphatic hydroxyl groups excluding tert-OH is 1. The minimum atomic E-state index is -0.469. The quantitative estimate of drug-likeness (QED) is 0.390. The third-order valence-corrected chi connectivity index (χ3v) is 1.44. The Morgan fingerprint density at radius 2 is 2.23 bits per heavy atom. The number of ether oxygens (including phenoxy) is 2. The highest BCUT2D eigenvalue weighted by Gasteiger charge is 2.02. The largest absolute Gasteiger partial charge is 0.389 e. The molecule has 0 amide bonds. The van der Waals surface area contributed by atoms with Crippen molar-refractivity contribution < 1.29 is 14.6 Å². The molecule has 0 spiro atoms. The van der Waals surface area contributed by atoms with Crippen LogP contribution in [0.2, 0.25) is 0 Å². The van der Waals surface area contributed by atoms with Crippen molar-refractivity contribution in [3.63, 3.8) is 0 Å². The molecule has 4 N–H and O–H groups in total. The fourth-order valence-electron chi connectivity index (χ4n) is 0.791. The zero-order chi connectivity index (χ0) is 9.94. The Labute approximate surface area is 79.2 Å². The molecule has 0 aliphatic rings. The zero-order valence-corrected chi connectivity index (χ0v) is 8.16. The maximum atomic E-state index is 9.31. The first kappa shape index (κ1) is 12.8. The van der Waals surface area contributed by atoms with Crippen LogP contribution in [0.4, 0.5) is 0 Å². The predicted octanol–water partition coefficient (Wildman–Crippen LogP) is -1.44. The Hall–Kier alpha value is -0.200. The SMILES string of the molecule is COCCOCC(O)CNCCN. The Kier molecular flexibility index (Phi) is 9.73. The Morgan fingerprint density at radius 1 is 1.46 bits per heavy atom. The number of hydrogen-bond donors (Lipinski definition) is 3. The summed E-state index contributed by atoms with van der Waals surface area (Å²) in [5.74, 6) is 0. The van der Waals surface area contributed by atoms with E-state index in [1.54, 1.807) is 7.11 Å². The lowest BCUT2D eigenvalue weighted by molar-refractivity contribution is 0.0139. The van der Waals surface area contributed by atoms with Gasteiger partial charge >= 0.3 is 0 Å². The van der Waals surface area contributed by atoms with Crippen LogP contribution < -0.4 is 11.1 Å². The molecule has 0 aliphatic heterocycles. The Balaban J connectivity index is 3.05. The summed E-state index contributed by atoms with van der Waals surface area (Å²) in [4.78, 5) is 0. The molecule has 0 saturated carbocycles. The van der Waals surface area contributed by atoms with Crippen LogP contribution in [-0.4, -0.2) is 57.8 Å². The maximum absolute atomic E-state index is 9.31. The molecular formula is C8H20N2O3. The van der Waals surface area contributed by atoms with Gasteiger partial charge in [0.2, 0.25) is 0 Å². The van der Waals surface area contributed by atoms with Crippen molar-refractivity contribution in [3.05, 3.63) is 0 Å². The average Bonchev–Trinajstić information content (AvgIpc) is 2.13. The van der Waals surface area contributed by atoms with Gasteiger partial charge in [-0.15, -0.1) is 0 Å². The molecule has 0 saturated heterocycles. The van der Waals surface area contributed by atoms with E-state index in [4.69, 9.17) is 15.2 Å². The van der Waals surface area contributed by atoms with E-state index >= 15 is 0 Å². The van der Waals surface area contributed by atoms with Crippen molar-refractivity contribution in [1.82, 2.24) is 5.32 Å². The predicted molar refractivity (Wildman–Crippen MR) is 50.6 cm³/mol. The van der Waals surface area contributed by atoms with E-state index in [1.165, 1.54) is 0 Å². The van der Waals surface area contributed by atoms with Gasteiger partial charge in [-0.05, 0) is 0 Å². The lowest BCUT2D eigenvalue weighted by atomic mass is 10.4. The molecule has 0 rings (SSSR count). The summed E-state index contributed by atoms with van der Waals surface area (Å²) < 4.78 is 9.90. The van der Waals surface area contributed by atoms with E-state index in [0.29, 0.717) is 32.9 Å². The maximum Gasteiger partial charge on any atom is 0.0897 e. The highest BCUT2D eigenvalue weighted by atomic mass is 16.5. The monoisotopic (exact) mass is 192 g/mol. The molecule has 1 atom stereocenters. The van der Waals surface area contributed by atoms with E-state index in [1.807, 2.05) is 0 Å². The van der Waals surface area contributed by atoms with Gasteiger partial charge in [0.25, 0.3) is 0 Å². The molecule has 0 aromatic carbocycles. The van der Waals surface area contributed by atoms with Gasteiger partial charge in [-0.1, -0.05) is 0 Å². The topological polar surface area (TPSA) is 76.7 Å². The van der Waals surface area contributed by atoms with E-state index in [0.717, 1.165) is 6.54 Å². The van der Waals surface area contributed by atoms with E-state index in [9.17, 15) is 5.11 Å². The molecule has 0 aromatic rings. The lowest BCUT2D eigenvalue weighted by Gasteiger charge is -2.11. The van der Waals surface area contributed by atoms with Crippen LogP contribution in [0.5, 0.6) is 0 Å². The number of nitrogens with two attached hydrogens (primary N) is 1. The molecule has 0 aromatic heterocycles. The van der Waals surface area contributed by atoms with Gasteiger partial charge in [-0.3, -0.25) is 0 Å². The molecule has 5 nitrogen and oxygen atoms in total. The normalized spacial score (nSPS) is 13.2. The fraction of sp³-hybridized carbons (Fsp3) is 1.00. The number of nitrogens with one attached hydrogen (secondary N) is 1. The lowest BCUT2D eigenvalue weighted by Crippen LogP contribution is -2.33. The molecule has 13 heavy (non-hydrogen) atoms. The van der Waals surface area contributed by atoms with Crippen LogP contribution >= 0.6 is 0 Å². The molecule has 80 valence electrons. The standard InChI is InChI=1S/C8H20N2O3/c1-12-4-5-13-7-8(11)6-10-3-2-9/h8,10-11H,2-7,9H2,1H3. The molecule has 5 heteroatoms. The van der Waals surface area contributed by atoms with Gasteiger partial charge < -0.3 is 25.6 Å². The summed E-state index contributed by atoms with van der Waals surface area (Å²) >= 11 is 0. The van der Waals surface area contributed by atoms with Crippen LogP contribution in [0.3, 0.4) is 0 Å². The summed E-state index contributed by atoms with van der Waals surface area (Å²) in [7, 11) is 1.61. The molecule has 1 unspecified atom stereocenters. The Morgan fingerprint density at radius 3 is 2.85 bits per heavy atom. The van der Waals surface area contributed by atoms with E-state index < -0.39 is 6.10 Å². The van der Waals surface area contributed by atoms with Crippen molar-refractivity contribution in [2.45, 2.75) is 6.10 Å². The van der Waals surface area contributed by atoms with Gasteiger partial charge in [-0.25, -0.2) is 0 Å². The molecule has 0 radical (unpaired) electrons. The first-order chi connectivity index (χ1) is 6.31. The molecule has 0 bridgehead atoms. The van der Waals surface area contributed by atoms with Gasteiger partial charge in [0.15, 0.2) is 0 Å². The van der Waals surface area contributed by atoms with Crippen LogP contribution in [0.1, 0.15) is 0 Å². The summed E-state index contributed by atoms with van der Waals surface area (Å²) in [5, 5.41) is 12.3. The second kappa shape index (κ2) is 9.88. The summed E-state index contributed by atoms with van der Waals surface area (Å²) in [5.41, 5.74) is 5.26. The van der Waals surface area contributed by atoms with E-state index in [2.05, 4.69) is 5.32 Å². The summed E-state index contributed by atoms with van der Waals surface area (Å²) in [6, 6.07) is 0. The zero-order valence-electron chi connectivity index (χ0n) is 8.16. The molecule has 0 aliphatic carbocycles. The van der Waals surface area contributed by atoms with Crippen molar-refractivity contribution in [2.24, 2.45) is 5.73 Å².